The number of nitrogens with zero attached hydrogens (tertiary/aromatic N) is 3. The molecule has 1 aromatic heterocycles. The second-order valence-corrected chi connectivity index (χ2v) is 6.82. The molecule has 24 heavy (non-hydrogen) atoms. The molecule has 8 heteroatoms. The highest BCUT2D eigenvalue weighted by atomic mass is 16.6. The molecule has 0 aromatic carbocycles. The Morgan fingerprint density at radius 3 is 2.33 bits per heavy atom. The summed E-state index contributed by atoms with van der Waals surface area (Å²) >= 11 is 0. The van der Waals surface area contributed by atoms with E-state index in [1.807, 2.05) is 0 Å². The predicted molar refractivity (Wildman–Crippen MR) is 79.5 cm³/mol. The molecule has 122 valence electrons. The summed E-state index contributed by atoms with van der Waals surface area (Å²) in [6.45, 7) is 0. The van der Waals surface area contributed by atoms with Gasteiger partial charge < -0.3 is 4.42 Å². The Labute approximate surface area is 135 Å². The zero-order valence-corrected chi connectivity index (χ0v) is 12.4. The zero-order chi connectivity index (χ0) is 16.6. The molecule has 1 aliphatic heterocycles. The molecule has 0 unspecified atom stereocenters. The maximum atomic E-state index is 12.7. The number of allylic oxidation sites excluding steroid dienone is 2. The Hall–Kier alpha value is -2.77. The van der Waals surface area contributed by atoms with E-state index in [1.165, 1.54) is 18.3 Å². The van der Waals surface area contributed by atoms with Gasteiger partial charge in [-0.05, 0) is 36.2 Å². The molecule has 1 aromatic rings. The van der Waals surface area contributed by atoms with Crippen LogP contribution < -0.4 is 0 Å². The highest BCUT2D eigenvalue weighted by Crippen LogP contribution is 2.65. The quantitative estimate of drug-likeness (QED) is 0.275. The molecule has 6 atom stereocenters. The molecule has 2 heterocycles. The fourth-order valence-electron chi connectivity index (χ4n) is 4.68. The predicted octanol–water partition coefficient (Wildman–Crippen LogP) is 1.57. The first-order chi connectivity index (χ1) is 11.6. The Bertz CT molecular complexity index is 805. The molecular weight excluding hydrogens is 314 g/mol. The van der Waals surface area contributed by atoms with Gasteiger partial charge in [0.15, 0.2) is 5.76 Å². The van der Waals surface area contributed by atoms with E-state index in [0.29, 0.717) is 11.8 Å². The van der Waals surface area contributed by atoms with E-state index in [1.54, 1.807) is 0 Å². The highest BCUT2D eigenvalue weighted by molar-refractivity contribution is 6.06. The van der Waals surface area contributed by atoms with Gasteiger partial charge in [0.2, 0.25) is 0 Å². The molecule has 0 N–H and O–H groups in total. The van der Waals surface area contributed by atoms with E-state index < -0.39 is 10.8 Å². The minimum absolute atomic E-state index is 0.126. The molecule has 2 amide bonds. The summed E-state index contributed by atoms with van der Waals surface area (Å²) in [4.78, 5) is 35.3. The summed E-state index contributed by atoms with van der Waals surface area (Å²) < 4.78 is 4.96. The van der Waals surface area contributed by atoms with Crippen molar-refractivity contribution in [3.05, 3.63) is 40.2 Å². The van der Waals surface area contributed by atoms with Gasteiger partial charge in [0.1, 0.15) is 4.92 Å². The van der Waals surface area contributed by atoms with Crippen molar-refractivity contribution in [1.29, 1.82) is 0 Å². The highest BCUT2D eigenvalue weighted by Gasteiger charge is 2.67. The van der Waals surface area contributed by atoms with Gasteiger partial charge in [-0.1, -0.05) is 12.2 Å². The smallest absolute Gasteiger partial charge is 0.400 e. The summed E-state index contributed by atoms with van der Waals surface area (Å²) in [5.41, 5.74) is 0. The maximum Gasteiger partial charge on any atom is 0.433 e. The van der Waals surface area contributed by atoms with Gasteiger partial charge in [0, 0.05) is 0 Å². The number of imide groups is 1. The minimum Gasteiger partial charge on any atom is -0.400 e. The van der Waals surface area contributed by atoms with Gasteiger partial charge >= 0.3 is 5.88 Å². The van der Waals surface area contributed by atoms with Crippen molar-refractivity contribution in [1.82, 2.24) is 5.01 Å². The van der Waals surface area contributed by atoms with Crippen molar-refractivity contribution in [2.24, 2.45) is 40.6 Å². The zero-order valence-electron chi connectivity index (χ0n) is 12.4. The first-order valence-corrected chi connectivity index (χ1v) is 7.90. The summed E-state index contributed by atoms with van der Waals surface area (Å²) in [6.07, 6.45) is 6.47. The monoisotopic (exact) mass is 327 g/mol. The number of furan rings is 1. The largest absolute Gasteiger partial charge is 0.433 e. The fraction of sp³-hybridized carbons (Fsp3) is 0.438. The van der Waals surface area contributed by atoms with E-state index in [0.717, 1.165) is 11.4 Å². The first kappa shape index (κ1) is 13.6. The second kappa shape index (κ2) is 4.40. The number of carbonyl (C=O) groups is 2. The molecule has 3 fully saturated rings. The third kappa shape index (κ3) is 1.65. The van der Waals surface area contributed by atoms with E-state index >= 15 is 0 Å². The Morgan fingerprint density at radius 2 is 1.79 bits per heavy atom. The molecule has 5 aliphatic rings. The fourth-order valence-corrected chi connectivity index (χ4v) is 4.68. The molecule has 4 aliphatic carbocycles. The summed E-state index contributed by atoms with van der Waals surface area (Å²) in [7, 11) is 0. The van der Waals surface area contributed by atoms with Crippen molar-refractivity contribution in [2.45, 2.75) is 6.42 Å². The van der Waals surface area contributed by atoms with Crippen LogP contribution in [0.25, 0.3) is 0 Å². The van der Waals surface area contributed by atoms with Crippen LogP contribution in [0.4, 0.5) is 5.88 Å². The van der Waals surface area contributed by atoms with Crippen LogP contribution >= 0.6 is 0 Å². The standard InChI is InChI=1S/C16H13N3O5/c20-15-13-8-2-3-9(11-5-10(8)11)14(13)16(21)18(15)17-6-7-1-4-12(24-7)19(22)23/h1-4,6,8-11,13-14H,5H2/b17-6+/t8-,9-,10-,11-,13+,14+/m1/s1. The van der Waals surface area contributed by atoms with Crippen molar-refractivity contribution < 1.29 is 18.9 Å². The van der Waals surface area contributed by atoms with Crippen LogP contribution in [0.3, 0.4) is 0 Å². The number of hydrogen-bond donors (Lipinski definition) is 0. The molecule has 8 nitrogen and oxygen atoms in total. The number of amides is 2. The van der Waals surface area contributed by atoms with Crippen LogP contribution in [0.5, 0.6) is 0 Å². The lowest BCUT2D eigenvalue weighted by Crippen LogP contribution is -2.40. The number of nitro groups is 1. The van der Waals surface area contributed by atoms with E-state index in [9.17, 15) is 19.7 Å². The molecular formula is C16H13N3O5. The summed E-state index contributed by atoms with van der Waals surface area (Å²) in [6, 6.07) is 2.58. The molecule has 2 bridgehead atoms. The lowest BCUT2D eigenvalue weighted by molar-refractivity contribution is -0.402. The third-order valence-corrected chi connectivity index (χ3v) is 5.73. The van der Waals surface area contributed by atoms with Crippen molar-refractivity contribution in [3.8, 4) is 0 Å². The SMILES string of the molecule is O=C1[C@H]2[C@@H]3C=C[C@H]([C@H]4C[C@H]34)[C@@H]2C(=O)N1/N=C/c1ccc([N+](=O)[O-])o1. The normalized spacial score (nSPS) is 38.8. The van der Waals surface area contributed by atoms with E-state index in [-0.39, 0.29) is 41.2 Å². The molecule has 0 spiro atoms. The van der Waals surface area contributed by atoms with Crippen LogP contribution in [0.1, 0.15) is 12.2 Å². The Morgan fingerprint density at radius 1 is 1.17 bits per heavy atom. The number of rotatable bonds is 3. The average molecular weight is 327 g/mol. The molecule has 1 saturated heterocycles. The molecule has 6 rings (SSSR count). The minimum atomic E-state index is -0.659. The van der Waals surface area contributed by atoms with Gasteiger partial charge in [0.05, 0.1) is 24.1 Å². The lowest BCUT2D eigenvalue weighted by Gasteiger charge is -2.37. The van der Waals surface area contributed by atoms with E-state index in [4.69, 9.17) is 4.42 Å². The van der Waals surface area contributed by atoms with Gasteiger partial charge in [-0.2, -0.15) is 10.1 Å². The van der Waals surface area contributed by atoms with Crippen molar-refractivity contribution >= 4 is 23.9 Å². The maximum absolute atomic E-state index is 12.7. The van der Waals surface area contributed by atoms with Crippen LogP contribution in [0, 0.1) is 45.6 Å². The van der Waals surface area contributed by atoms with Gasteiger partial charge in [-0.25, -0.2) is 0 Å². The number of hydrazone groups is 1. The van der Waals surface area contributed by atoms with Crippen LogP contribution in [-0.2, 0) is 9.59 Å². The molecule has 2 saturated carbocycles. The van der Waals surface area contributed by atoms with E-state index in [2.05, 4.69) is 17.3 Å². The number of carbonyl (C=O) groups excluding carboxylic acids is 2. The number of hydrogen-bond acceptors (Lipinski definition) is 6. The topological polar surface area (TPSA) is 106 Å². The van der Waals surface area contributed by atoms with Crippen molar-refractivity contribution in [2.75, 3.05) is 0 Å². The lowest BCUT2D eigenvalue weighted by atomic mass is 9.63. The van der Waals surface area contributed by atoms with Gasteiger partial charge in [-0.3, -0.25) is 19.7 Å². The van der Waals surface area contributed by atoms with Crippen LogP contribution in [-0.4, -0.2) is 28.0 Å². The second-order valence-electron chi connectivity index (χ2n) is 6.82. The molecule has 0 radical (unpaired) electrons. The van der Waals surface area contributed by atoms with Crippen molar-refractivity contribution in [3.63, 3.8) is 0 Å². The summed E-state index contributed by atoms with van der Waals surface area (Å²) in [5, 5.41) is 15.5. The average Bonchev–Trinajstić information content (AvgIpc) is 3.20. The van der Waals surface area contributed by atoms with Gasteiger partial charge in [-0.15, -0.1) is 0 Å². The van der Waals surface area contributed by atoms with Crippen LogP contribution in [0.15, 0.2) is 33.8 Å². The van der Waals surface area contributed by atoms with Gasteiger partial charge in [0.25, 0.3) is 11.8 Å². The Kier molecular flexibility index (Phi) is 2.50. The first-order valence-electron chi connectivity index (χ1n) is 7.90. The summed E-state index contributed by atoms with van der Waals surface area (Å²) in [5.74, 6) is -0.0765. The Balaban J connectivity index is 1.42. The third-order valence-electron chi connectivity index (χ3n) is 5.73. The van der Waals surface area contributed by atoms with Crippen LogP contribution in [0.2, 0.25) is 0 Å².